The van der Waals surface area contributed by atoms with E-state index in [9.17, 15) is 4.79 Å². The lowest BCUT2D eigenvalue weighted by atomic mass is 9.92. The number of aliphatic carboxylic acids is 1. The van der Waals surface area contributed by atoms with Gasteiger partial charge in [0.15, 0.2) is 0 Å². The van der Waals surface area contributed by atoms with Crippen LogP contribution in [0.2, 0.25) is 0 Å². The molecular formula is C14H27NO4. The second-order valence-corrected chi connectivity index (χ2v) is 5.18. The van der Waals surface area contributed by atoms with Crippen molar-refractivity contribution < 1.29 is 19.4 Å². The van der Waals surface area contributed by atoms with Crippen LogP contribution in [-0.4, -0.2) is 62.5 Å². The van der Waals surface area contributed by atoms with Crippen LogP contribution in [0.1, 0.15) is 32.1 Å². The molecule has 0 aromatic rings. The third-order valence-corrected chi connectivity index (χ3v) is 3.66. The summed E-state index contributed by atoms with van der Waals surface area (Å²) in [4.78, 5) is 12.9. The van der Waals surface area contributed by atoms with Crippen LogP contribution in [-0.2, 0) is 14.3 Å². The molecule has 0 spiro atoms. The predicted octanol–water partition coefficient (Wildman–Crippen LogP) is 1.62. The summed E-state index contributed by atoms with van der Waals surface area (Å²) in [5.74, 6) is -0.0816. The molecule has 0 saturated carbocycles. The third-order valence-electron chi connectivity index (χ3n) is 3.66. The van der Waals surface area contributed by atoms with Crippen molar-refractivity contribution in [3.05, 3.63) is 0 Å². The van der Waals surface area contributed by atoms with Gasteiger partial charge in [0, 0.05) is 33.3 Å². The quantitative estimate of drug-likeness (QED) is 0.613. The van der Waals surface area contributed by atoms with E-state index < -0.39 is 5.97 Å². The highest BCUT2D eigenvalue weighted by atomic mass is 16.5. The van der Waals surface area contributed by atoms with Gasteiger partial charge < -0.3 is 19.5 Å². The van der Waals surface area contributed by atoms with E-state index in [1.165, 1.54) is 0 Å². The first-order valence-corrected chi connectivity index (χ1v) is 7.23. The van der Waals surface area contributed by atoms with Crippen LogP contribution in [0.15, 0.2) is 0 Å². The van der Waals surface area contributed by atoms with Crippen LogP contribution in [0.3, 0.4) is 0 Å². The maximum atomic E-state index is 10.5. The fraction of sp³-hybridized carbons (Fsp3) is 0.929. The minimum Gasteiger partial charge on any atom is -0.481 e. The maximum Gasteiger partial charge on any atom is 0.303 e. The molecule has 0 aromatic heterocycles. The second kappa shape index (κ2) is 10.2. The Kier molecular flexibility index (Phi) is 8.79. The SMILES string of the molecule is COCCCOCCN1CCC(CCC(=O)O)CC1. The lowest BCUT2D eigenvalue weighted by molar-refractivity contribution is -0.137. The van der Waals surface area contributed by atoms with Crippen molar-refractivity contribution in [2.45, 2.75) is 32.1 Å². The number of carboxylic acids is 1. The van der Waals surface area contributed by atoms with E-state index in [0.29, 0.717) is 12.3 Å². The predicted molar refractivity (Wildman–Crippen MR) is 73.3 cm³/mol. The zero-order chi connectivity index (χ0) is 13.9. The molecule has 1 aliphatic rings. The van der Waals surface area contributed by atoms with E-state index >= 15 is 0 Å². The number of ether oxygens (including phenoxy) is 2. The molecule has 19 heavy (non-hydrogen) atoms. The highest BCUT2D eigenvalue weighted by Crippen LogP contribution is 2.21. The summed E-state index contributed by atoms with van der Waals surface area (Å²) in [6.07, 6.45) is 4.34. The molecule has 5 heteroatoms. The van der Waals surface area contributed by atoms with Gasteiger partial charge in [0.25, 0.3) is 0 Å². The van der Waals surface area contributed by atoms with E-state index in [2.05, 4.69) is 4.90 Å². The van der Waals surface area contributed by atoms with Crippen LogP contribution in [0, 0.1) is 5.92 Å². The molecule has 112 valence electrons. The van der Waals surface area contributed by atoms with Crippen molar-refractivity contribution in [3.63, 3.8) is 0 Å². The Balaban J connectivity index is 1.96. The van der Waals surface area contributed by atoms with E-state index in [0.717, 1.165) is 65.1 Å². The summed E-state index contributed by atoms with van der Waals surface area (Å²) in [6.45, 7) is 5.44. The van der Waals surface area contributed by atoms with Crippen molar-refractivity contribution in [1.82, 2.24) is 4.90 Å². The fourth-order valence-electron chi connectivity index (χ4n) is 2.43. The lowest BCUT2D eigenvalue weighted by Gasteiger charge is -2.31. The summed E-state index contributed by atoms with van der Waals surface area (Å²) < 4.78 is 10.5. The van der Waals surface area contributed by atoms with Crippen LogP contribution in [0.4, 0.5) is 0 Å². The van der Waals surface area contributed by atoms with Crippen LogP contribution >= 0.6 is 0 Å². The van der Waals surface area contributed by atoms with E-state index in [-0.39, 0.29) is 0 Å². The number of likely N-dealkylation sites (tertiary alicyclic amines) is 1. The van der Waals surface area contributed by atoms with Gasteiger partial charge in [0.2, 0.25) is 0 Å². The Bertz CT molecular complexity index is 240. The Hall–Kier alpha value is -0.650. The number of hydrogen-bond acceptors (Lipinski definition) is 4. The number of carboxylic acid groups (broad SMARTS) is 1. The summed E-state index contributed by atoms with van der Waals surface area (Å²) >= 11 is 0. The van der Waals surface area contributed by atoms with Gasteiger partial charge in [-0.2, -0.15) is 0 Å². The lowest BCUT2D eigenvalue weighted by Crippen LogP contribution is -2.36. The van der Waals surface area contributed by atoms with Gasteiger partial charge >= 0.3 is 5.97 Å². The molecule has 1 heterocycles. The monoisotopic (exact) mass is 273 g/mol. The molecule has 1 N–H and O–H groups in total. The van der Waals surface area contributed by atoms with Gasteiger partial charge in [-0.1, -0.05) is 0 Å². The molecule has 1 fully saturated rings. The van der Waals surface area contributed by atoms with Crippen LogP contribution in [0.5, 0.6) is 0 Å². The summed E-state index contributed by atoms with van der Waals surface area (Å²) in [5.41, 5.74) is 0. The van der Waals surface area contributed by atoms with E-state index in [1.807, 2.05) is 0 Å². The van der Waals surface area contributed by atoms with Crippen LogP contribution in [0.25, 0.3) is 0 Å². The van der Waals surface area contributed by atoms with Gasteiger partial charge in [-0.3, -0.25) is 4.79 Å². The third kappa shape index (κ3) is 8.18. The van der Waals surface area contributed by atoms with Gasteiger partial charge in [-0.05, 0) is 44.7 Å². The van der Waals surface area contributed by atoms with Crippen molar-refractivity contribution in [2.24, 2.45) is 5.92 Å². The Morgan fingerprint density at radius 3 is 2.63 bits per heavy atom. The van der Waals surface area contributed by atoms with Crippen LogP contribution < -0.4 is 0 Å². The number of piperidine rings is 1. The molecule has 5 nitrogen and oxygen atoms in total. The first-order chi connectivity index (χ1) is 9.22. The average Bonchev–Trinajstić information content (AvgIpc) is 2.41. The van der Waals surface area contributed by atoms with Gasteiger partial charge in [-0.25, -0.2) is 0 Å². The molecule has 0 bridgehead atoms. The topological polar surface area (TPSA) is 59.0 Å². The minimum absolute atomic E-state index is 0.313. The zero-order valence-corrected chi connectivity index (χ0v) is 12.0. The molecule has 0 unspecified atom stereocenters. The molecule has 0 radical (unpaired) electrons. The highest BCUT2D eigenvalue weighted by molar-refractivity contribution is 5.66. The van der Waals surface area contributed by atoms with Gasteiger partial charge in [0.1, 0.15) is 0 Å². The molecule has 0 aromatic carbocycles. The normalized spacial score (nSPS) is 17.7. The average molecular weight is 273 g/mol. The summed E-state index contributed by atoms with van der Waals surface area (Å²) in [6, 6.07) is 0. The Labute approximate surface area is 115 Å². The molecular weight excluding hydrogens is 246 g/mol. The van der Waals surface area contributed by atoms with Crippen molar-refractivity contribution in [2.75, 3.05) is 46.6 Å². The number of nitrogens with zero attached hydrogens (tertiary/aromatic N) is 1. The largest absolute Gasteiger partial charge is 0.481 e. The standard InChI is InChI=1S/C14H27NO4/c1-18-10-2-11-19-12-9-15-7-5-13(6-8-15)3-4-14(16)17/h13H,2-12H2,1H3,(H,16,17). The Morgan fingerprint density at radius 1 is 1.26 bits per heavy atom. The zero-order valence-electron chi connectivity index (χ0n) is 12.0. The number of methoxy groups -OCH3 is 1. The smallest absolute Gasteiger partial charge is 0.303 e. The molecule has 0 aliphatic carbocycles. The highest BCUT2D eigenvalue weighted by Gasteiger charge is 2.19. The van der Waals surface area contributed by atoms with Crippen molar-refractivity contribution >= 4 is 5.97 Å². The first-order valence-electron chi connectivity index (χ1n) is 7.23. The number of hydrogen-bond donors (Lipinski definition) is 1. The maximum absolute atomic E-state index is 10.5. The molecule has 0 amide bonds. The number of rotatable bonds is 10. The minimum atomic E-state index is -0.674. The van der Waals surface area contributed by atoms with E-state index in [4.69, 9.17) is 14.6 Å². The molecule has 1 rings (SSSR count). The molecule has 1 saturated heterocycles. The first kappa shape index (κ1) is 16.4. The summed E-state index contributed by atoms with van der Waals surface area (Å²) in [7, 11) is 1.70. The van der Waals surface area contributed by atoms with Crippen molar-refractivity contribution in [3.8, 4) is 0 Å². The van der Waals surface area contributed by atoms with Gasteiger partial charge in [0.05, 0.1) is 6.61 Å². The summed E-state index contributed by atoms with van der Waals surface area (Å²) in [5, 5.41) is 8.67. The fourth-order valence-corrected chi connectivity index (χ4v) is 2.43. The molecule has 1 aliphatic heterocycles. The van der Waals surface area contributed by atoms with Crippen molar-refractivity contribution in [1.29, 1.82) is 0 Å². The molecule has 0 atom stereocenters. The Morgan fingerprint density at radius 2 is 2.00 bits per heavy atom. The van der Waals surface area contributed by atoms with Gasteiger partial charge in [-0.15, -0.1) is 0 Å². The second-order valence-electron chi connectivity index (χ2n) is 5.18. The number of carbonyl (C=O) groups is 1. The van der Waals surface area contributed by atoms with E-state index in [1.54, 1.807) is 7.11 Å².